The molecule has 0 aromatic carbocycles. The van der Waals surface area contributed by atoms with Gasteiger partial charge in [-0.1, -0.05) is 20.3 Å². The first-order chi connectivity index (χ1) is 5.74. The minimum Gasteiger partial charge on any atom is -0.375 e. The minimum absolute atomic E-state index is 0.0159. The van der Waals surface area contributed by atoms with Gasteiger partial charge in [0.25, 0.3) is 0 Å². The lowest BCUT2D eigenvalue weighted by atomic mass is 10.1. The van der Waals surface area contributed by atoms with Gasteiger partial charge < -0.3 is 10.1 Å². The van der Waals surface area contributed by atoms with Crippen LogP contribution in [0.1, 0.15) is 33.1 Å². The van der Waals surface area contributed by atoms with Crippen LogP contribution in [-0.2, 0) is 9.53 Å². The molecule has 0 aliphatic rings. The van der Waals surface area contributed by atoms with E-state index in [0.29, 0.717) is 6.04 Å². The third-order valence-corrected chi connectivity index (χ3v) is 1.77. The van der Waals surface area contributed by atoms with Crippen molar-refractivity contribution < 1.29 is 9.53 Å². The van der Waals surface area contributed by atoms with E-state index < -0.39 is 0 Å². The summed E-state index contributed by atoms with van der Waals surface area (Å²) in [7, 11) is 1.53. The highest BCUT2D eigenvalue weighted by Gasteiger charge is 2.07. The summed E-state index contributed by atoms with van der Waals surface area (Å²) in [6, 6.07) is 0.317. The average molecular weight is 173 g/mol. The van der Waals surface area contributed by atoms with E-state index in [1.807, 2.05) is 0 Å². The predicted octanol–water partition coefficient (Wildman–Crippen LogP) is 1.33. The summed E-state index contributed by atoms with van der Waals surface area (Å²) in [5.41, 5.74) is 0. The number of carbonyl (C=O) groups is 1. The van der Waals surface area contributed by atoms with Crippen LogP contribution >= 0.6 is 0 Å². The zero-order valence-electron chi connectivity index (χ0n) is 8.22. The maximum absolute atomic E-state index is 11.1. The molecule has 0 saturated heterocycles. The maximum Gasteiger partial charge on any atom is 0.246 e. The first-order valence-electron chi connectivity index (χ1n) is 4.52. The number of hydrogen-bond acceptors (Lipinski definition) is 2. The van der Waals surface area contributed by atoms with Crippen LogP contribution in [0.25, 0.3) is 0 Å². The number of nitrogens with one attached hydrogen (secondary N) is 1. The Labute approximate surface area is 74.5 Å². The van der Waals surface area contributed by atoms with Gasteiger partial charge in [-0.3, -0.25) is 4.79 Å². The molecular weight excluding hydrogens is 154 g/mol. The zero-order valence-corrected chi connectivity index (χ0v) is 8.22. The molecule has 0 saturated carbocycles. The molecule has 0 aliphatic heterocycles. The Morgan fingerprint density at radius 1 is 1.50 bits per heavy atom. The summed E-state index contributed by atoms with van der Waals surface area (Å²) >= 11 is 0. The number of amides is 1. The molecule has 0 aromatic heterocycles. The van der Waals surface area contributed by atoms with Crippen LogP contribution in [0.5, 0.6) is 0 Å². The molecule has 0 aliphatic carbocycles. The molecule has 1 N–H and O–H groups in total. The van der Waals surface area contributed by atoms with E-state index in [4.69, 9.17) is 4.74 Å². The van der Waals surface area contributed by atoms with Crippen LogP contribution < -0.4 is 5.32 Å². The standard InChI is InChI=1S/C9H19NO2/c1-4-6-8(5-2)10-9(11)7-12-3/h8H,4-7H2,1-3H3,(H,10,11). The van der Waals surface area contributed by atoms with Gasteiger partial charge in [0, 0.05) is 13.2 Å². The van der Waals surface area contributed by atoms with Crippen molar-refractivity contribution >= 4 is 5.91 Å². The van der Waals surface area contributed by atoms with E-state index in [9.17, 15) is 4.79 Å². The van der Waals surface area contributed by atoms with E-state index in [2.05, 4.69) is 19.2 Å². The van der Waals surface area contributed by atoms with Gasteiger partial charge in [0.2, 0.25) is 5.91 Å². The SMILES string of the molecule is CCCC(CC)NC(=O)COC. The Balaban J connectivity index is 3.61. The third-order valence-electron chi connectivity index (χ3n) is 1.77. The Hall–Kier alpha value is -0.570. The lowest BCUT2D eigenvalue weighted by Gasteiger charge is -2.15. The first kappa shape index (κ1) is 11.4. The summed E-state index contributed by atoms with van der Waals surface area (Å²) in [6.45, 7) is 4.36. The Kier molecular flexibility index (Phi) is 6.76. The van der Waals surface area contributed by atoms with Crippen LogP contribution in [0.2, 0.25) is 0 Å². The summed E-state index contributed by atoms with van der Waals surface area (Å²) in [5, 5.41) is 2.90. The number of carbonyl (C=O) groups excluding carboxylic acids is 1. The van der Waals surface area contributed by atoms with Gasteiger partial charge in [-0.15, -0.1) is 0 Å². The molecule has 1 atom stereocenters. The topological polar surface area (TPSA) is 38.3 Å². The smallest absolute Gasteiger partial charge is 0.246 e. The van der Waals surface area contributed by atoms with Crippen molar-refractivity contribution in [1.82, 2.24) is 5.32 Å². The summed E-state index contributed by atoms with van der Waals surface area (Å²) in [4.78, 5) is 11.1. The van der Waals surface area contributed by atoms with Crippen LogP contribution in [0, 0.1) is 0 Å². The van der Waals surface area contributed by atoms with Gasteiger partial charge in [0.15, 0.2) is 0 Å². The number of rotatable bonds is 6. The van der Waals surface area contributed by atoms with Crippen molar-refractivity contribution in [3.05, 3.63) is 0 Å². The highest BCUT2D eigenvalue weighted by molar-refractivity contribution is 5.77. The molecule has 0 fully saturated rings. The molecule has 1 unspecified atom stereocenters. The van der Waals surface area contributed by atoms with Crippen molar-refractivity contribution in [2.75, 3.05) is 13.7 Å². The number of ether oxygens (including phenoxy) is 1. The van der Waals surface area contributed by atoms with Gasteiger partial charge in [-0.05, 0) is 12.8 Å². The van der Waals surface area contributed by atoms with E-state index in [0.717, 1.165) is 19.3 Å². The number of methoxy groups -OCH3 is 1. The average Bonchev–Trinajstić information content (AvgIpc) is 2.04. The Morgan fingerprint density at radius 3 is 2.58 bits per heavy atom. The lowest BCUT2D eigenvalue weighted by Crippen LogP contribution is -2.36. The van der Waals surface area contributed by atoms with Crippen molar-refractivity contribution in [2.24, 2.45) is 0 Å². The van der Waals surface area contributed by atoms with Crippen molar-refractivity contribution in [3.63, 3.8) is 0 Å². The van der Waals surface area contributed by atoms with Crippen molar-refractivity contribution in [3.8, 4) is 0 Å². The van der Waals surface area contributed by atoms with Gasteiger partial charge in [0.1, 0.15) is 6.61 Å². The second kappa shape index (κ2) is 7.10. The van der Waals surface area contributed by atoms with E-state index in [-0.39, 0.29) is 12.5 Å². The van der Waals surface area contributed by atoms with Gasteiger partial charge in [-0.25, -0.2) is 0 Å². The predicted molar refractivity (Wildman–Crippen MR) is 49.0 cm³/mol. The van der Waals surface area contributed by atoms with Gasteiger partial charge in [0.05, 0.1) is 0 Å². The molecular formula is C9H19NO2. The Morgan fingerprint density at radius 2 is 2.17 bits per heavy atom. The van der Waals surface area contributed by atoms with E-state index in [1.165, 1.54) is 7.11 Å². The van der Waals surface area contributed by atoms with Crippen molar-refractivity contribution in [1.29, 1.82) is 0 Å². The zero-order chi connectivity index (χ0) is 9.40. The molecule has 3 nitrogen and oxygen atoms in total. The fraction of sp³-hybridized carbons (Fsp3) is 0.889. The van der Waals surface area contributed by atoms with Crippen LogP contribution in [0.4, 0.5) is 0 Å². The first-order valence-corrected chi connectivity index (χ1v) is 4.52. The third kappa shape index (κ3) is 5.13. The van der Waals surface area contributed by atoms with E-state index in [1.54, 1.807) is 0 Å². The summed E-state index contributed by atoms with van der Waals surface area (Å²) in [6.07, 6.45) is 3.14. The van der Waals surface area contributed by atoms with Crippen LogP contribution in [0.3, 0.4) is 0 Å². The molecule has 0 radical (unpaired) electrons. The second-order valence-electron chi connectivity index (χ2n) is 2.89. The van der Waals surface area contributed by atoms with Crippen LogP contribution in [-0.4, -0.2) is 25.7 Å². The maximum atomic E-state index is 11.1. The molecule has 3 heteroatoms. The highest BCUT2D eigenvalue weighted by atomic mass is 16.5. The fourth-order valence-corrected chi connectivity index (χ4v) is 1.13. The molecule has 0 heterocycles. The molecule has 72 valence electrons. The molecule has 0 rings (SSSR count). The second-order valence-corrected chi connectivity index (χ2v) is 2.89. The molecule has 12 heavy (non-hydrogen) atoms. The van der Waals surface area contributed by atoms with Crippen LogP contribution in [0.15, 0.2) is 0 Å². The highest BCUT2D eigenvalue weighted by Crippen LogP contribution is 2.00. The lowest BCUT2D eigenvalue weighted by molar-refractivity contribution is -0.125. The van der Waals surface area contributed by atoms with Gasteiger partial charge in [-0.2, -0.15) is 0 Å². The normalized spacial score (nSPS) is 12.6. The monoisotopic (exact) mass is 173 g/mol. The van der Waals surface area contributed by atoms with Crippen molar-refractivity contribution in [2.45, 2.75) is 39.2 Å². The number of hydrogen-bond donors (Lipinski definition) is 1. The molecule has 0 aromatic rings. The molecule has 1 amide bonds. The minimum atomic E-state index is -0.0159. The Bertz CT molecular complexity index is 126. The van der Waals surface area contributed by atoms with Gasteiger partial charge >= 0.3 is 0 Å². The molecule has 0 spiro atoms. The fourth-order valence-electron chi connectivity index (χ4n) is 1.13. The quantitative estimate of drug-likeness (QED) is 0.658. The van der Waals surface area contributed by atoms with E-state index >= 15 is 0 Å². The summed E-state index contributed by atoms with van der Waals surface area (Å²) in [5.74, 6) is -0.0159. The molecule has 0 bridgehead atoms. The summed E-state index contributed by atoms with van der Waals surface area (Å²) < 4.78 is 4.72. The largest absolute Gasteiger partial charge is 0.375 e.